The molecular formula is C23H38O2. The van der Waals surface area contributed by atoms with E-state index >= 15 is 0 Å². The molecule has 0 aromatic carbocycles. The van der Waals surface area contributed by atoms with Gasteiger partial charge in [0.25, 0.3) is 0 Å². The topological polar surface area (TPSA) is 40.5 Å². The van der Waals surface area contributed by atoms with Gasteiger partial charge >= 0.3 is 0 Å². The Morgan fingerprint density at radius 1 is 1.00 bits per heavy atom. The normalized spacial score (nSPS) is 55.2. The van der Waals surface area contributed by atoms with Crippen LogP contribution in [-0.2, 0) is 0 Å². The van der Waals surface area contributed by atoms with E-state index in [1.54, 1.807) is 0 Å². The van der Waals surface area contributed by atoms with Crippen LogP contribution in [0.5, 0.6) is 0 Å². The van der Waals surface area contributed by atoms with E-state index in [0.717, 1.165) is 53.9 Å². The summed E-state index contributed by atoms with van der Waals surface area (Å²) < 4.78 is 0. The predicted octanol–water partition coefficient (Wildman–Crippen LogP) is 4.80. The van der Waals surface area contributed by atoms with Gasteiger partial charge in [-0.2, -0.15) is 0 Å². The first-order valence-electron chi connectivity index (χ1n) is 10.8. The summed E-state index contributed by atoms with van der Waals surface area (Å²) in [5, 5.41) is 20.3. The van der Waals surface area contributed by atoms with Gasteiger partial charge in [0.05, 0.1) is 12.2 Å². The quantitative estimate of drug-likeness (QED) is 0.705. The molecular weight excluding hydrogens is 308 g/mol. The smallest absolute Gasteiger partial charge is 0.0642 e. The van der Waals surface area contributed by atoms with Crippen LogP contribution in [0.1, 0.15) is 72.1 Å². The van der Waals surface area contributed by atoms with Crippen LogP contribution in [0.4, 0.5) is 0 Å². The molecule has 0 saturated heterocycles. The first-order chi connectivity index (χ1) is 11.8. The third-order valence-electron chi connectivity index (χ3n) is 9.35. The molecule has 0 aromatic rings. The second-order valence-corrected chi connectivity index (χ2v) is 10.7. The van der Waals surface area contributed by atoms with E-state index in [1.807, 2.05) is 0 Å². The van der Waals surface area contributed by atoms with Crippen molar-refractivity contribution in [2.24, 2.45) is 46.8 Å². The summed E-state index contributed by atoms with van der Waals surface area (Å²) in [6, 6.07) is 0. The third-order valence-corrected chi connectivity index (χ3v) is 9.35. The van der Waals surface area contributed by atoms with E-state index < -0.39 is 5.60 Å². The molecule has 0 amide bonds. The fourth-order valence-electron chi connectivity index (χ4n) is 8.18. The molecule has 142 valence electrons. The van der Waals surface area contributed by atoms with Crippen LogP contribution in [0.25, 0.3) is 0 Å². The molecule has 4 aliphatic rings. The molecule has 0 spiro atoms. The zero-order valence-electron chi connectivity index (χ0n) is 16.5. The molecule has 0 aliphatic heterocycles. The van der Waals surface area contributed by atoms with Gasteiger partial charge in [-0.25, -0.2) is 0 Å². The Kier molecular flexibility index (Phi) is 4.40. The molecule has 0 heterocycles. The zero-order chi connectivity index (χ0) is 18.0. The molecule has 2 N–H and O–H groups in total. The van der Waals surface area contributed by atoms with E-state index in [9.17, 15) is 10.2 Å². The molecule has 25 heavy (non-hydrogen) atoms. The van der Waals surface area contributed by atoms with Crippen LogP contribution in [0.15, 0.2) is 12.2 Å². The maximum atomic E-state index is 10.6. The first kappa shape index (κ1) is 18.0. The molecule has 1 unspecified atom stereocenters. The monoisotopic (exact) mass is 346 g/mol. The van der Waals surface area contributed by atoms with E-state index in [-0.39, 0.29) is 6.61 Å². The maximum Gasteiger partial charge on any atom is 0.0642 e. The molecule has 4 fully saturated rings. The first-order valence-corrected chi connectivity index (χ1v) is 10.8. The lowest BCUT2D eigenvalue weighted by atomic mass is 9.47. The highest BCUT2D eigenvalue weighted by Gasteiger charge is 2.58. The molecule has 0 radical (unpaired) electrons. The van der Waals surface area contributed by atoms with E-state index in [0.29, 0.717) is 11.3 Å². The molecule has 2 heteroatoms. The van der Waals surface area contributed by atoms with Gasteiger partial charge in [0.15, 0.2) is 0 Å². The molecule has 0 aromatic heterocycles. The van der Waals surface area contributed by atoms with Crippen LogP contribution in [0.2, 0.25) is 0 Å². The zero-order valence-corrected chi connectivity index (χ0v) is 16.5. The van der Waals surface area contributed by atoms with E-state index in [4.69, 9.17) is 0 Å². The van der Waals surface area contributed by atoms with Crippen molar-refractivity contribution in [3.05, 3.63) is 12.2 Å². The number of hydrogen-bond donors (Lipinski definition) is 2. The highest BCUT2D eigenvalue weighted by molar-refractivity contribution is 5.16. The van der Waals surface area contributed by atoms with Crippen molar-refractivity contribution in [2.75, 3.05) is 6.61 Å². The van der Waals surface area contributed by atoms with Crippen molar-refractivity contribution >= 4 is 0 Å². The molecule has 4 saturated carbocycles. The SMILES string of the molecule is C=C(CO)[C@H]1CC[C@H]2[C@@H]3CC(C)[C@@H]4C[C@@](C)(O)CC[C@@H]4[C@H]3CC[C@]12C. The number of hydrogen-bond acceptors (Lipinski definition) is 2. The minimum absolute atomic E-state index is 0.164. The fraction of sp³-hybridized carbons (Fsp3) is 0.913. The largest absolute Gasteiger partial charge is 0.392 e. The summed E-state index contributed by atoms with van der Waals surface area (Å²) in [5.74, 6) is 5.44. The Bertz CT molecular complexity index is 538. The molecule has 4 aliphatic carbocycles. The van der Waals surface area contributed by atoms with Gasteiger partial charge in [0, 0.05) is 0 Å². The highest BCUT2D eigenvalue weighted by Crippen LogP contribution is 2.66. The lowest BCUT2D eigenvalue weighted by Crippen LogP contribution is -2.52. The summed E-state index contributed by atoms with van der Waals surface area (Å²) in [4.78, 5) is 0. The summed E-state index contributed by atoms with van der Waals surface area (Å²) in [7, 11) is 0. The van der Waals surface area contributed by atoms with Gasteiger partial charge in [-0.1, -0.05) is 20.4 Å². The number of fused-ring (bicyclic) bond motifs is 5. The lowest BCUT2D eigenvalue weighted by Gasteiger charge is -2.59. The number of rotatable bonds is 2. The van der Waals surface area contributed by atoms with Crippen molar-refractivity contribution in [2.45, 2.75) is 77.7 Å². The third kappa shape index (κ3) is 2.74. The summed E-state index contributed by atoms with van der Waals surface area (Å²) >= 11 is 0. The Labute approximate surface area is 154 Å². The van der Waals surface area contributed by atoms with Crippen LogP contribution in [0.3, 0.4) is 0 Å². The molecule has 9 atom stereocenters. The van der Waals surface area contributed by atoms with Crippen molar-refractivity contribution in [1.29, 1.82) is 0 Å². The standard InChI is InChI=1S/C23H38O2/c1-14-11-18-16(17-7-9-22(3,25)12-19(14)17)8-10-23(4)20(15(2)13-24)5-6-21(18)23/h14,16-21,24-25H,2,5-13H2,1,3-4H3/t14?,16-,17-,18-,19+,20-,21+,22+,23-/m1/s1. The lowest BCUT2D eigenvalue weighted by molar-refractivity contribution is -0.117. The van der Waals surface area contributed by atoms with Gasteiger partial charge in [0.1, 0.15) is 0 Å². The molecule has 2 nitrogen and oxygen atoms in total. The summed E-state index contributed by atoms with van der Waals surface area (Å²) in [5.41, 5.74) is 1.02. The Balaban J connectivity index is 1.58. The highest BCUT2D eigenvalue weighted by atomic mass is 16.3. The molecule has 4 rings (SSSR count). The van der Waals surface area contributed by atoms with Gasteiger partial charge < -0.3 is 10.2 Å². The Morgan fingerprint density at radius 2 is 1.68 bits per heavy atom. The maximum absolute atomic E-state index is 10.6. The van der Waals surface area contributed by atoms with Gasteiger partial charge in [0.2, 0.25) is 0 Å². The summed E-state index contributed by atoms with van der Waals surface area (Å²) in [6.07, 6.45) is 9.87. The Hall–Kier alpha value is -0.340. The Morgan fingerprint density at radius 3 is 2.40 bits per heavy atom. The van der Waals surface area contributed by atoms with Gasteiger partial charge in [-0.05, 0) is 111 Å². The average Bonchev–Trinajstić information content (AvgIpc) is 2.91. The number of aliphatic hydroxyl groups excluding tert-OH is 1. The summed E-state index contributed by atoms with van der Waals surface area (Å²) in [6.45, 7) is 11.4. The minimum Gasteiger partial charge on any atom is -0.392 e. The van der Waals surface area contributed by atoms with Gasteiger partial charge in [-0.15, -0.1) is 0 Å². The van der Waals surface area contributed by atoms with Crippen molar-refractivity contribution in [1.82, 2.24) is 0 Å². The van der Waals surface area contributed by atoms with Crippen LogP contribution >= 0.6 is 0 Å². The molecule has 0 bridgehead atoms. The van der Waals surface area contributed by atoms with E-state index in [1.165, 1.54) is 38.5 Å². The van der Waals surface area contributed by atoms with Crippen LogP contribution in [-0.4, -0.2) is 22.4 Å². The van der Waals surface area contributed by atoms with E-state index in [2.05, 4.69) is 27.4 Å². The second-order valence-electron chi connectivity index (χ2n) is 10.7. The van der Waals surface area contributed by atoms with Crippen LogP contribution in [0, 0.1) is 46.8 Å². The predicted molar refractivity (Wildman–Crippen MR) is 102 cm³/mol. The second kappa shape index (κ2) is 6.09. The van der Waals surface area contributed by atoms with Crippen molar-refractivity contribution in [3.63, 3.8) is 0 Å². The van der Waals surface area contributed by atoms with Crippen LogP contribution < -0.4 is 0 Å². The minimum atomic E-state index is -0.428. The fourth-order valence-corrected chi connectivity index (χ4v) is 8.18. The van der Waals surface area contributed by atoms with Gasteiger partial charge in [-0.3, -0.25) is 0 Å². The number of aliphatic hydroxyl groups is 2. The average molecular weight is 347 g/mol. The van der Waals surface area contributed by atoms with Crippen molar-refractivity contribution in [3.8, 4) is 0 Å². The van der Waals surface area contributed by atoms with Crippen molar-refractivity contribution < 1.29 is 10.2 Å².